The molecular weight excluding hydrogens is 400 g/mol. The maximum absolute atomic E-state index is 12.4. The number of furan rings is 1. The molecule has 1 atom stereocenters. The molecule has 0 aliphatic carbocycles. The van der Waals surface area contributed by atoms with Gasteiger partial charge in [-0.05, 0) is 30.7 Å². The number of rotatable bonds is 12. The lowest BCUT2D eigenvalue weighted by Gasteiger charge is -2.19. The van der Waals surface area contributed by atoms with Crippen LogP contribution in [0.1, 0.15) is 48.7 Å². The van der Waals surface area contributed by atoms with E-state index in [4.69, 9.17) is 9.68 Å². The van der Waals surface area contributed by atoms with Crippen molar-refractivity contribution in [2.24, 2.45) is 5.92 Å². The van der Waals surface area contributed by atoms with Gasteiger partial charge in [-0.3, -0.25) is 19.6 Å². The van der Waals surface area contributed by atoms with Gasteiger partial charge in [0.25, 0.3) is 5.91 Å². The Labute approximate surface area is 180 Å². The van der Waals surface area contributed by atoms with E-state index in [1.54, 1.807) is 30.3 Å². The highest BCUT2D eigenvalue weighted by atomic mass is 16.5. The van der Waals surface area contributed by atoms with Crippen molar-refractivity contribution in [3.63, 3.8) is 0 Å². The van der Waals surface area contributed by atoms with Crippen LogP contribution >= 0.6 is 0 Å². The molecule has 31 heavy (non-hydrogen) atoms. The molecule has 0 fully saturated rings. The number of nitrogens with one attached hydrogen (secondary N) is 2. The molecule has 0 saturated carbocycles. The van der Waals surface area contributed by atoms with Crippen LogP contribution in [0.4, 0.5) is 0 Å². The fourth-order valence-electron chi connectivity index (χ4n) is 3.01. The molecule has 1 aromatic carbocycles. The molecule has 0 bridgehead atoms. The number of hydroxylamine groups is 2. The Bertz CT molecular complexity index is 934. The highest BCUT2D eigenvalue weighted by Crippen LogP contribution is 2.23. The summed E-state index contributed by atoms with van der Waals surface area (Å²) in [6, 6.07) is 12.0. The van der Waals surface area contributed by atoms with Gasteiger partial charge in [-0.2, -0.15) is 5.26 Å². The van der Waals surface area contributed by atoms with E-state index in [-0.39, 0.29) is 31.3 Å². The average molecular weight is 426 g/mol. The number of amides is 3. The number of nitrogens with zero attached hydrogens (tertiary/aromatic N) is 2. The second-order valence-corrected chi connectivity index (χ2v) is 7.00. The first kappa shape index (κ1) is 23.6. The average Bonchev–Trinajstić information content (AvgIpc) is 3.28. The van der Waals surface area contributed by atoms with Gasteiger partial charge in [0.05, 0.1) is 30.8 Å². The van der Waals surface area contributed by atoms with Crippen LogP contribution in [-0.4, -0.2) is 41.7 Å². The van der Waals surface area contributed by atoms with Gasteiger partial charge in [0.2, 0.25) is 12.3 Å². The topological polar surface area (TPSA) is 136 Å². The standard InChI is InChI=1S/C22H26N4O5/c1-2-3-4-7-18(13-26(30)15-27)21(28)24-14-25-22(29)20-10-9-19(31-20)17-8-5-6-16(11-17)12-23/h5-6,8-11,15,18,30H,2-4,7,13-14H2,1H3,(H,24,28)(H,25,29). The zero-order valence-electron chi connectivity index (χ0n) is 17.3. The molecule has 164 valence electrons. The third-order valence-corrected chi connectivity index (χ3v) is 4.67. The molecule has 1 unspecified atom stereocenters. The van der Waals surface area contributed by atoms with Crippen molar-refractivity contribution in [2.45, 2.75) is 32.6 Å². The summed E-state index contributed by atoms with van der Waals surface area (Å²) in [6.45, 7) is 1.79. The number of hydrogen-bond acceptors (Lipinski definition) is 6. The molecule has 0 radical (unpaired) electrons. The van der Waals surface area contributed by atoms with Crippen LogP contribution in [-0.2, 0) is 9.59 Å². The molecule has 0 aliphatic heterocycles. The van der Waals surface area contributed by atoms with Gasteiger partial charge >= 0.3 is 0 Å². The van der Waals surface area contributed by atoms with E-state index >= 15 is 0 Å². The maximum Gasteiger partial charge on any atom is 0.288 e. The molecule has 3 amide bonds. The Morgan fingerprint density at radius 3 is 2.77 bits per heavy atom. The Balaban J connectivity index is 1.89. The number of unbranched alkanes of at least 4 members (excludes halogenated alkanes) is 2. The summed E-state index contributed by atoms with van der Waals surface area (Å²) in [5, 5.41) is 24.0. The van der Waals surface area contributed by atoms with E-state index in [1.165, 1.54) is 6.07 Å². The lowest BCUT2D eigenvalue weighted by Crippen LogP contribution is -2.42. The summed E-state index contributed by atoms with van der Waals surface area (Å²) in [4.78, 5) is 35.3. The number of carbonyl (C=O) groups is 3. The van der Waals surface area contributed by atoms with Crippen LogP contribution in [0.2, 0.25) is 0 Å². The first-order valence-corrected chi connectivity index (χ1v) is 10.1. The van der Waals surface area contributed by atoms with Crippen molar-refractivity contribution in [1.82, 2.24) is 15.7 Å². The van der Waals surface area contributed by atoms with Gasteiger partial charge in [-0.15, -0.1) is 0 Å². The lowest BCUT2D eigenvalue weighted by molar-refractivity contribution is -0.154. The van der Waals surface area contributed by atoms with Crippen molar-refractivity contribution in [3.05, 3.63) is 47.7 Å². The molecule has 0 saturated heterocycles. The van der Waals surface area contributed by atoms with Crippen LogP contribution in [0.15, 0.2) is 40.8 Å². The number of benzene rings is 1. The first-order chi connectivity index (χ1) is 15.0. The second-order valence-electron chi connectivity index (χ2n) is 7.00. The van der Waals surface area contributed by atoms with Gasteiger partial charge in [-0.1, -0.05) is 38.3 Å². The summed E-state index contributed by atoms with van der Waals surface area (Å²) in [7, 11) is 0. The Morgan fingerprint density at radius 2 is 2.06 bits per heavy atom. The number of carbonyl (C=O) groups excluding carboxylic acids is 3. The van der Waals surface area contributed by atoms with Crippen molar-refractivity contribution < 1.29 is 24.0 Å². The maximum atomic E-state index is 12.4. The van der Waals surface area contributed by atoms with Gasteiger partial charge in [0.1, 0.15) is 5.76 Å². The summed E-state index contributed by atoms with van der Waals surface area (Å²) in [5.41, 5.74) is 1.15. The minimum Gasteiger partial charge on any atom is -0.451 e. The minimum absolute atomic E-state index is 0.0635. The monoisotopic (exact) mass is 426 g/mol. The van der Waals surface area contributed by atoms with E-state index in [0.29, 0.717) is 28.4 Å². The smallest absolute Gasteiger partial charge is 0.288 e. The van der Waals surface area contributed by atoms with Gasteiger partial charge in [-0.25, -0.2) is 5.06 Å². The van der Waals surface area contributed by atoms with Crippen LogP contribution in [0.3, 0.4) is 0 Å². The summed E-state index contributed by atoms with van der Waals surface area (Å²) < 4.78 is 5.56. The quantitative estimate of drug-likeness (QED) is 0.157. The first-order valence-electron chi connectivity index (χ1n) is 10.1. The van der Waals surface area contributed by atoms with E-state index in [0.717, 1.165) is 19.3 Å². The van der Waals surface area contributed by atoms with Crippen LogP contribution in [0, 0.1) is 17.2 Å². The third kappa shape index (κ3) is 7.28. The molecule has 3 N–H and O–H groups in total. The largest absolute Gasteiger partial charge is 0.451 e. The van der Waals surface area contributed by atoms with Gasteiger partial charge < -0.3 is 15.1 Å². The van der Waals surface area contributed by atoms with E-state index in [9.17, 15) is 19.6 Å². The highest BCUT2D eigenvalue weighted by Gasteiger charge is 2.21. The van der Waals surface area contributed by atoms with E-state index in [1.807, 2.05) is 13.0 Å². The summed E-state index contributed by atoms with van der Waals surface area (Å²) in [5.74, 6) is -0.956. The van der Waals surface area contributed by atoms with Crippen molar-refractivity contribution in [3.8, 4) is 17.4 Å². The van der Waals surface area contributed by atoms with E-state index in [2.05, 4.69) is 10.6 Å². The van der Waals surface area contributed by atoms with Crippen molar-refractivity contribution >= 4 is 18.2 Å². The summed E-state index contributed by atoms with van der Waals surface area (Å²) >= 11 is 0. The number of nitriles is 1. The predicted molar refractivity (Wildman–Crippen MR) is 112 cm³/mol. The van der Waals surface area contributed by atoms with Gasteiger partial charge in [0.15, 0.2) is 5.76 Å². The lowest BCUT2D eigenvalue weighted by atomic mass is 10.0. The molecular formula is C22H26N4O5. The molecule has 2 aromatic rings. The SMILES string of the molecule is CCCCCC(CN(O)C=O)C(=O)NCNC(=O)c1ccc(-c2cccc(C#N)c2)o1. The molecule has 1 aromatic heterocycles. The van der Waals surface area contributed by atoms with Crippen LogP contribution in [0.5, 0.6) is 0 Å². The Morgan fingerprint density at radius 1 is 1.26 bits per heavy atom. The fraction of sp³-hybridized carbons (Fsp3) is 0.364. The molecule has 0 aliphatic rings. The molecule has 9 nitrogen and oxygen atoms in total. The molecule has 0 spiro atoms. The second kappa shape index (κ2) is 12.1. The number of hydrogen-bond donors (Lipinski definition) is 3. The Hall–Kier alpha value is -3.64. The Kier molecular flexibility index (Phi) is 9.26. The summed E-state index contributed by atoms with van der Waals surface area (Å²) in [6.07, 6.45) is 3.47. The predicted octanol–water partition coefficient (Wildman–Crippen LogP) is 2.67. The zero-order valence-corrected chi connectivity index (χ0v) is 17.3. The normalized spacial score (nSPS) is 11.3. The van der Waals surface area contributed by atoms with Crippen LogP contribution in [0.25, 0.3) is 11.3 Å². The fourth-order valence-corrected chi connectivity index (χ4v) is 3.01. The molecule has 2 rings (SSSR count). The minimum atomic E-state index is -0.582. The third-order valence-electron chi connectivity index (χ3n) is 4.67. The zero-order chi connectivity index (χ0) is 22.6. The molecule has 9 heteroatoms. The van der Waals surface area contributed by atoms with Gasteiger partial charge in [0, 0.05) is 5.56 Å². The highest BCUT2D eigenvalue weighted by molar-refractivity contribution is 5.92. The van der Waals surface area contributed by atoms with Crippen molar-refractivity contribution in [2.75, 3.05) is 13.2 Å². The van der Waals surface area contributed by atoms with E-state index < -0.39 is 11.8 Å². The van der Waals surface area contributed by atoms with Crippen LogP contribution < -0.4 is 10.6 Å². The van der Waals surface area contributed by atoms with Crippen molar-refractivity contribution in [1.29, 1.82) is 5.26 Å². The molecule has 1 heterocycles.